The van der Waals surface area contributed by atoms with Crippen LogP contribution in [0.15, 0.2) is 24.8 Å². The fourth-order valence-corrected chi connectivity index (χ4v) is 8.15. The first-order valence-electron chi connectivity index (χ1n) is 15.9. The van der Waals surface area contributed by atoms with Crippen molar-refractivity contribution in [1.82, 2.24) is 19.9 Å². The van der Waals surface area contributed by atoms with Crippen LogP contribution < -0.4 is 11.5 Å². The van der Waals surface area contributed by atoms with Gasteiger partial charge in [-0.2, -0.15) is 0 Å². The highest BCUT2D eigenvalue weighted by Crippen LogP contribution is 2.42. The second kappa shape index (κ2) is 13.8. The van der Waals surface area contributed by atoms with E-state index in [2.05, 4.69) is 87.7 Å². The molecule has 2 fully saturated rings. The van der Waals surface area contributed by atoms with E-state index in [1.807, 2.05) is 12.4 Å². The predicted octanol–water partition coefficient (Wildman–Crippen LogP) is 8.21. The molecule has 0 aliphatic heterocycles. The molecule has 2 aliphatic rings. The van der Waals surface area contributed by atoms with Gasteiger partial charge >= 0.3 is 0 Å². The molecule has 0 saturated heterocycles. The van der Waals surface area contributed by atoms with Gasteiger partial charge in [-0.1, -0.05) is 54.4 Å². The Balaban J connectivity index is 0.000000230. The average molecular weight is 615 g/mol. The van der Waals surface area contributed by atoms with Crippen molar-refractivity contribution in [3.63, 3.8) is 0 Å². The predicted molar refractivity (Wildman–Crippen MR) is 179 cm³/mol. The van der Waals surface area contributed by atoms with Gasteiger partial charge in [0.2, 0.25) is 0 Å². The van der Waals surface area contributed by atoms with Crippen molar-refractivity contribution in [2.75, 3.05) is 11.5 Å². The number of anilines is 2. The number of aromatic nitrogens is 4. The van der Waals surface area contributed by atoms with Crippen LogP contribution in [-0.2, 0) is 8.85 Å². The van der Waals surface area contributed by atoms with Crippen molar-refractivity contribution in [3.05, 3.63) is 36.2 Å². The Bertz CT molecular complexity index is 1020. The van der Waals surface area contributed by atoms with E-state index in [4.69, 9.17) is 20.3 Å². The molecule has 42 heavy (non-hydrogen) atoms. The molecular formula is C32H58N6O2Si2. The summed E-state index contributed by atoms with van der Waals surface area (Å²) in [5.41, 5.74) is 13.4. The fraction of sp³-hybridized carbons (Fsp3) is 0.750. The van der Waals surface area contributed by atoms with E-state index < -0.39 is 16.6 Å². The normalized spacial score (nSPS) is 24.0. The number of nitrogen functional groups attached to an aromatic ring is 2. The van der Waals surface area contributed by atoms with Crippen molar-refractivity contribution >= 4 is 28.3 Å². The van der Waals surface area contributed by atoms with Crippen LogP contribution in [0, 0.1) is 0 Å². The summed E-state index contributed by atoms with van der Waals surface area (Å²) in [6.07, 6.45) is 16.9. The summed E-state index contributed by atoms with van der Waals surface area (Å²) in [6.45, 7) is 23.1. The first-order valence-corrected chi connectivity index (χ1v) is 21.7. The molecule has 0 bridgehead atoms. The van der Waals surface area contributed by atoms with Gasteiger partial charge in [0.25, 0.3) is 0 Å². The molecule has 0 radical (unpaired) electrons. The van der Waals surface area contributed by atoms with Gasteiger partial charge in [0.1, 0.15) is 11.6 Å². The summed E-state index contributed by atoms with van der Waals surface area (Å²) in [5.74, 6) is 1.90. The molecule has 10 heteroatoms. The summed E-state index contributed by atoms with van der Waals surface area (Å²) < 4.78 is 13.2. The Morgan fingerprint density at radius 1 is 0.595 bits per heavy atom. The van der Waals surface area contributed by atoms with E-state index in [-0.39, 0.29) is 10.1 Å². The molecule has 2 saturated carbocycles. The Hall–Kier alpha value is -1.89. The average Bonchev–Trinajstić information content (AvgIpc) is 2.88. The van der Waals surface area contributed by atoms with Gasteiger partial charge in [-0.25, -0.2) is 9.97 Å². The van der Waals surface area contributed by atoms with Gasteiger partial charge in [0.15, 0.2) is 16.6 Å². The summed E-state index contributed by atoms with van der Waals surface area (Å²) in [5, 5.41) is 0.530. The Morgan fingerprint density at radius 2 is 0.952 bits per heavy atom. The maximum Gasteiger partial charge on any atom is 0.192 e. The van der Waals surface area contributed by atoms with Gasteiger partial charge in [-0.15, -0.1) is 0 Å². The number of hydrogen-bond acceptors (Lipinski definition) is 8. The monoisotopic (exact) mass is 614 g/mol. The molecule has 2 aromatic heterocycles. The topological polar surface area (TPSA) is 122 Å². The molecule has 0 spiro atoms. The minimum Gasteiger partial charge on any atom is -0.414 e. The zero-order valence-electron chi connectivity index (χ0n) is 28.0. The molecule has 0 amide bonds. The molecular weight excluding hydrogens is 557 g/mol. The van der Waals surface area contributed by atoms with Gasteiger partial charge in [-0.05, 0) is 74.8 Å². The largest absolute Gasteiger partial charge is 0.414 e. The molecule has 236 valence electrons. The second-order valence-corrected chi connectivity index (χ2v) is 25.0. The third kappa shape index (κ3) is 9.56. The number of hydrogen-bond donors (Lipinski definition) is 2. The molecule has 0 aromatic carbocycles. The van der Waals surface area contributed by atoms with Crippen LogP contribution in [-0.4, -0.2) is 48.8 Å². The third-order valence-electron chi connectivity index (χ3n) is 10.0. The smallest absolute Gasteiger partial charge is 0.192 e. The van der Waals surface area contributed by atoms with Crippen molar-refractivity contribution in [2.24, 2.45) is 0 Å². The highest BCUT2D eigenvalue weighted by Gasteiger charge is 2.41. The van der Waals surface area contributed by atoms with E-state index >= 15 is 0 Å². The van der Waals surface area contributed by atoms with E-state index in [0.717, 1.165) is 24.2 Å². The molecule has 4 atom stereocenters. The number of rotatable bonds is 6. The summed E-state index contributed by atoms with van der Waals surface area (Å²) in [6, 6.07) is 0. The SMILES string of the molecule is CC(C)(C)[Si](C)(C)OC1CCCC(c2cnc(N)cn2)C1.CC(C)(C)[Si](C)(C)OC1CCCC(c2cnc(N)cn2)C1. The molecule has 8 nitrogen and oxygen atoms in total. The zero-order valence-corrected chi connectivity index (χ0v) is 30.0. The highest BCUT2D eigenvalue weighted by molar-refractivity contribution is 6.74. The van der Waals surface area contributed by atoms with Crippen molar-refractivity contribution in [2.45, 2.75) is 153 Å². The molecule has 4 unspecified atom stereocenters. The van der Waals surface area contributed by atoms with E-state index in [0.29, 0.717) is 35.7 Å². The molecule has 4 N–H and O–H groups in total. The van der Waals surface area contributed by atoms with Crippen LogP contribution >= 0.6 is 0 Å². The second-order valence-electron chi connectivity index (χ2n) is 15.5. The molecule has 4 rings (SSSR count). The lowest BCUT2D eigenvalue weighted by Gasteiger charge is -2.41. The van der Waals surface area contributed by atoms with Gasteiger partial charge in [0, 0.05) is 24.0 Å². The first kappa shape index (κ1) is 34.6. The minimum atomic E-state index is -1.69. The summed E-state index contributed by atoms with van der Waals surface area (Å²) in [7, 11) is -3.38. The van der Waals surface area contributed by atoms with Crippen LogP contribution in [0.2, 0.25) is 36.3 Å². The van der Waals surface area contributed by atoms with Crippen molar-refractivity contribution in [3.8, 4) is 0 Å². The van der Waals surface area contributed by atoms with Crippen LogP contribution in [0.1, 0.15) is 116 Å². The lowest BCUT2D eigenvalue weighted by atomic mass is 9.85. The minimum absolute atomic E-state index is 0.265. The van der Waals surface area contributed by atoms with E-state index in [1.54, 1.807) is 12.4 Å². The number of nitrogens with two attached hydrogens (primary N) is 2. The zero-order chi connectivity index (χ0) is 31.3. The lowest BCUT2D eigenvalue weighted by Crippen LogP contribution is -2.44. The van der Waals surface area contributed by atoms with E-state index in [9.17, 15) is 0 Å². The molecule has 2 heterocycles. The van der Waals surface area contributed by atoms with E-state index in [1.165, 1.54) is 38.5 Å². The van der Waals surface area contributed by atoms with Crippen LogP contribution in [0.5, 0.6) is 0 Å². The lowest BCUT2D eigenvalue weighted by molar-refractivity contribution is 0.126. The third-order valence-corrected chi connectivity index (χ3v) is 19.1. The van der Waals surface area contributed by atoms with Crippen LogP contribution in [0.4, 0.5) is 11.6 Å². The van der Waals surface area contributed by atoms with Crippen molar-refractivity contribution in [1.29, 1.82) is 0 Å². The maximum absolute atomic E-state index is 6.58. The Kier molecular flexibility index (Phi) is 11.4. The van der Waals surface area contributed by atoms with Gasteiger partial charge in [-0.3, -0.25) is 9.97 Å². The highest BCUT2D eigenvalue weighted by atomic mass is 28.4. The summed E-state index contributed by atoms with van der Waals surface area (Å²) in [4.78, 5) is 17.3. The number of nitrogens with zero attached hydrogens (tertiary/aromatic N) is 4. The first-order chi connectivity index (χ1) is 19.4. The summed E-state index contributed by atoms with van der Waals surface area (Å²) >= 11 is 0. The van der Waals surface area contributed by atoms with Crippen LogP contribution in [0.25, 0.3) is 0 Å². The maximum atomic E-state index is 6.58. The standard InChI is InChI=1S/2C16H29N3OSi/c2*1-16(2,3)21(4,5)20-13-8-6-7-12(9-13)14-10-19-15(17)11-18-14/h2*10-13H,6-9H2,1-5H3,(H2,17,19). The fourth-order valence-electron chi connectivity index (χ4n) is 5.35. The van der Waals surface area contributed by atoms with Gasteiger partial charge in [0.05, 0.1) is 36.2 Å². The molecule has 2 aromatic rings. The Morgan fingerprint density at radius 3 is 1.24 bits per heavy atom. The van der Waals surface area contributed by atoms with Crippen molar-refractivity contribution < 1.29 is 8.85 Å². The molecule has 2 aliphatic carbocycles. The van der Waals surface area contributed by atoms with Crippen LogP contribution in [0.3, 0.4) is 0 Å². The quantitative estimate of drug-likeness (QED) is 0.312. The van der Waals surface area contributed by atoms with Gasteiger partial charge < -0.3 is 20.3 Å². The Labute approximate surface area is 257 Å².